The molecule has 21 heavy (non-hydrogen) atoms. The van der Waals surface area contributed by atoms with Crippen LogP contribution < -0.4 is 5.32 Å². The van der Waals surface area contributed by atoms with Gasteiger partial charge < -0.3 is 10.4 Å². The molecule has 0 saturated heterocycles. The van der Waals surface area contributed by atoms with Crippen molar-refractivity contribution in [2.75, 3.05) is 19.3 Å². The third-order valence-electron chi connectivity index (χ3n) is 3.64. The Labute approximate surface area is 131 Å². The molecule has 3 atom stereocenters. The molecule has 0 fully saturated rings. The predicted octanol–water partition coefficient (Wildman–Crippen LogP) is 2.67. The van der Waals surface area contributed by atoms with Gasteiger partial charge in [-0.2, -0.15) is 0 Å². The highest BCUT2D eigenvalue weighted by atomic mass is 32.2. The van der Waals surface area contributed by atoms with Crippen molar-refractivity contribution in [3.8, 4) is 0 Å². The van der Waals surface area contributed by atoms with Gasteiger partial charge in [0.15, 0.2) is 0 Å². The summed E-state index contributed by atoms with van der Waals surface area (Å²) in [4.78, 5) is 0. The number of aliphatic hydroxyl groups is 1. The minimum atomic E-state index is -0.771. The van der Waals surface area contributed by atoms with Crippen molar-refractivity contribution in [3.05, 3.63) is 35.4 Å². The summed E-state index contributed by atoms with van der Waals surface area (Å²) in [5, 5.41) is 13.6. The molecule has 0 aliphatic heterocycles. The van der Waals surface area contributed by atoms with Crippen molar-refractivity contribution in [1.82, 2.24) is 5.32 Å². The first-order chi connectivity index (χ1) is 9.90. The van der Waals surface area contributed by atoms with Crippen molar-refractivity contribution < 1.29 is 9.32 Å². The van der Waals surface area contributed by atoms with E-state index in [1.807, 2.05) is 19.1 Å². The Balaban J connectivity index is 2.35. The van der Waals surface area contributed by atoms with Gasteiger partial charge in [0, 0.05) is 28.9 Å². The van der Waals surface area contributed by atoms with E-state index in [0.29, 0.717) is 12.5 Å². The molecule has 0 aromatic heterocycles. The highest BCUT2D eigenvalue weighted by Gasteiger charge is 2.09. The van der Waals surface area contributed by atoms with Crippen molar-refractivity contribution >= 4 is 10.8 Å². The average molecular weight is 311 g/mol. The van der Waals surface area contributed by atoms with Crippen LogP contribution in [0.15, 0.2) is 24.3 Å². The first-order valence-electron chi connectivity index (χ1n) is 7.70. The molecule has 0 bridgehead atoms. The van der Waals surface area contributed by atoms with Crippen LogP contribution in [-0.2, 0) is 17.2 Å². The zero-order valence-electron chi connectivity index (χ0n) is 13.6. The van der Waals surface area contributed by atoms with E-state index in [1.165, 1.54) is 5.56 Å². The molecule has 0 radical (unpaired) electrons. The van der Waals surface area contributed by atoms with Crippen molar-refractivity contribution in [2.45, 2.75) is 45.0 Å². The average Bonchev–Trinajstić information content (AvgIpc) is 2.43. The predicted molar refractivity (Wildman–Crippen MR) is 91.0 cm³/mol. The topological polar surface area (TPSA) is 49.3 Å². The van der Waals surface area contributed by atoms with Crippen LogP contribution in [0.4, 0.5) is 0 Å². The van der Waals surface area contributed by atoms with E-state index in [0.717, 1.165) is 24.9 Å². The van der Waals surface area contributed by atoms with Gasteiger partial charge >= 0.3 is 0 Å². The normalized spacial score (nSPS) is 15.9. The minimum Gasteiger partial charge on any atom is -0.387 e. The molecule has 3 nitrogen and oxygen atoms in total. The zero-order valence-corrected chi connectivity index (χ0v) is 14.5. The lowest BCUT2D eigenvalue weighted by Gasteiger charge is -2.14. The lowest BCUT2D eigenvalue weighted by molar-refractivity contribution is 0.175. The molecule has 3 unspecified atom stereocenters. The highest BCUT2D eigenvalue weighted by molar-refractivity contribution is 7.84. The Hall–Kier alpha value is -0.710. The van der Waals surface area contributed by atoms with Crippen LogP contribution in [0.2, 0.25) is 0 Å². The third-order valence-corrected chi connectivity index (χ3v) is 5.01. The molecule has 1 aromatic rings. The summed E-state index contributed by atoms with van der Waals surface area (Å²) in [6.45, 7) is 7.71. The monoisotopic (exact) mass is 311 g/mol. The summed E-state index contributed by atoms with van der Waals surface area (Å²) >= 11 is 0. The van der Waals surface area contributed by atoms with Gasteiger partial charge in [-0.25, -0.2) is 0 Å². The summed E-state index contributed by atoms with van der Waals surface area (Å²) in [5.74, 6) is 0.647. The van der Waals surface area contributed by atoms with Gasteiger partial charge in [-0.15, -0.1) is 0 Å². The first kappa shape index (κ1) is 18.3. The molecule has 2 N–H and O–H groups in total. The fraction of sp³-hybridized carbons (Fsp3) is 0.647. The molecule has 0 spiro atoms. The number of hydrogen-bond donors (Lipinski definition) is 2. The molecule has 0 aliphatic rings. The van der Waals surface area contributed by atoms with Crippen molar-refractivity contribution in [1.29, 1.82) is 0 Å². The zero-order chi connectivity index (χ0) is 15.8. The molecule has 0 heterocycles. The Morgan fingerprint density at radius 3 is 2.33 bits per heavy atom. The maximum atomic E-state index is 11.2. The molecule has 0 amide bonds. The molecule has 4 heteroatoms. The first-order valence-corrected chi connectivity index (χ1v) is 9.32. The maximum Gasteiger partial charge on any atom is 0.0914 e. The molecule has 0 saturated carbocycles. The number of nitrogens with one attached hydrogen (secondary N) is 1. The van der Waals surface area contributed by atoms with Crippen LogP contribution in [-0.4, -0.2) is 33.9 Å². The standard InChI is InChI=1S/C17H29NO2S/c1-13(2)11-15-5-7-16(8-6-15)17(19)12-18-10-9-14(3)21(4)20/h5-8,13-14,17-19H,9-12H2,1-4H3. The largest absolute Gasteiger partial charge is 0.387 e. The van der Waals surface area contributed by atoms with E-state index < -0.39 is 16.9 Å². The van der Waals surface area contributed by atoms with E-state index >= 15 is 0 Å². The lowest BCUT2D eigenvalue weighted by atomic mass is 10.0. The van der Waals surface area contributed by atoms with E-state index in [2.05, 4.69) is 31.3 Å². The smallest absolute Gasteiger partial charge is 0.0914 e. The second kappa shape index (κ2) is 9.34. The van der Waals surface area contributed by atoms with Gasteiger partial charge in [0.05, 0.1) is 6.10 Å². The second-order valence-electron chi connectivity index (χ2n) is 6.16. The van der Waals surface area contributed by atoms with Crippen LogP contribution >= 0.6 is 0 Å². The van der Waals surface area contributed by atoms with Gasteiger partial charge in [-0.3, -0.25) is 4.21 Å². The van der Waals surface area contributed by atoms with Crippen molar-refractivity contribution in [3.63, 3.8) is 0 Å². The van der Waals surface area contributed by atoms with Crippen molar-refractivity contribution in [2.24, 2.45) is 5.92 Å². The Bertz CT molecular complexity index is 431. The molecule has 0 aliphatic carbocycles. The van der Waals surface area contributed by atoms with Crippen LogP contribution in [0, 0.1) is 5.92 Å². The van der Waals surface area contributed by atoms with Crippen LogP contribution in [0.25, 0.3) is 0 Å². The number of rotatable bonds is 9. The number of hydrogen-bond acceptors (Lipinski definition) is 3. The molecule has 1 rings (SSSR count). The molecular weight excluding hydrogens is 282 g/mol. The quantitative estimate of drug-likeness (QED) is 0.689. The number of aliphatic hydroxyl groups excluding tert-OH is 1. The maximum absolute atomic E-state index is 11.2. The number of benzene rings is 1. The summed E-state index contributed by atoms with van der Waals surface area (Å²) in [6, 6.07) is 8.21. The highest BCUT2D eigenvalue weighted by Crippen LogP contribution is 2.15. The van der Waals surface area contributed by atoms with E-state index in [9.17, 15) is 9.32 Å². The van der Waals surface area contributed by atoms with Gasteiger partial charge in [-0.05, 0) is 36.4 Å². The summed E-state index contributed by atoms with van der Waals surface area (Å²) < 4.78 is 11.2. The minimum absolute atomic E-state index is 0.199. The molecule has 120 valence electrons. The van der Waals surface area contributed by atoms with E-state index in [1.54, 1.807) is 6.26 Å². The van der Waals surface area contributed by atoms with Gasteiger partial charge in [0.2, 0.25) is 0 Å². The lowest BCUT2D eigenvalue weighted by Crippen LogP contribution is -2.25. The van der Waals surface area contributed by atoms with Crippen LogP contribution in [0.1, 0.15) is 44.4 Å². The van der Waals surface area contributed by atoms with E-state index in [4.69, 9.17) is 0 Å². The Morgan fingerprint density at radius 1 is 1.19 bits per heavy atom. The third kappa shape index (κ3) is 7.21. The summed E-state index contributed by atoms with van der Waals surface area (Å²) in [6.07, 6.45) is 3.18. The molecular formula is C17H29NO2S. The fourth-order valence-corrected chi connectivity index (χ4v) is 2.62. The Morgan fingerprint density at radius 2 is 1.81 bits per heavy atom. The van der Waals surface area contributed by atoms with E-state index in [-0.39, 0.29) is 5.25 Å². The van der Waals surface area contributed by atoms with Crippen LogP contribution in [0.5, 0.6) is 0 Å². The van der Waals surface area contributed by atoms with Gasteiger partial charge in [0.25, 0.3) is 0 Å². The van der Waals surface area contributed by atoms with Crippen LogP contribution in [0.3, 0.4) is 0 Å². The van der Waals surface area contributed by atoms with Gasteiger partial charge in [0.1, 0.15) is 0 Å². The SMILES string of the molecule is CC(C)Cc1ccc(C(O)CNCCC(C)S(C)=O)cc1. The second-order valence-corrected chi connectivity index (χ2v) is 7.96. The summed E-state index contributed by atoms with van der Waals surface area (Å²) in [7, 11) is -0.771. The molecule has 1 aromatic carbocycles. The fourth-order valence-electron chi connectivity index (χ4n) is 2.18. The Kier molecular flexibility index (Phi) is 8.15. The van der Waals surface area contributed by atoms with Gasteiger partial charge in [-0.1, -0.05) is 45.0 Å². The summed E-state index contributed by atoms with van der Waals surface area (Å²) in [5.41, 5.74) is 2.26.